The summed E-state index contributed by atoms with van der Waals surface area (Å²) in [7, 11) is 1.65. The molecule has 0 aliphatic heterocycles. The number of anilines is 1. The van der Waals surface area contributed by atoms with E-state index in [2.05, 4.69) is 58.1 Å². The number of ether oxygens (including phenoxy) is 1. The average molecular weight is 451 g/mol. The van der Waals surface area contributed by atoms with E-state index in [4.69, 9.17) is 4.74 Å². The predicted molar refractivity (Wildman–Crippen MR) is 87.7 cm³/mol. The molecular weight excluding hydrogens is 440 g/mol. The molecule has 1 aromatic carbocycles. The topological polar surface area (TPSA) is 34.1 Å². The van der Waals surface area contributed by atoms with Gasteiger partial charge in [-0.2, -0.15) is 0 Å². The fraction of sp³-hybridized carbons (Fsp3) is 0.154. The Bertz CT molecular complexity index is 550. The molecule has 0 saturated heterocycles. The van der Waals surface area contributed by atoms with Gasteiger partial charge in [-0.15, -0.1) is 0 Å². The second-order valence-electron chi connectivity index (χ2n) is 3.82. The number of nitrogens with zero attached hydrogens (tertiary/aromatic N) is 1. The van der Waals surface area contributed by atoms with Crippen molar-refractivity contribution in [2.75, 3.05) is 12.4 Å². The molecule has 100 valence electrons. The standard InChI is InChI=1S/C13H11Br3N2O/c1-19-13-10(14)4-8(5-11(13)15)6-17-9-2-3-12(16)18-7-9/h2-5,7,17H,6H2,1H3. The van der Waals surface area contributed by atoms with Crippen molar-refractivity contribution in [3.05, 3.63) is 49.6 Å². The molecule has 0 unspecified atom stereocenters. The Labute approximate surface area is 137 Å². The molecule has 0 saturated carbocycles. The molecule has 2 aromatic rings. The van der Waals surface area contributed by atoms with Crippen molar-refractivity contribution in [3.63, 3.8) is 0 Å². The Hall–Kier alpha value is -0.590. The van der Waals surface area contributed by atoms with E-state index in [1.54, 1.807) is 13.3 Å². The number of hydrogen-bond donors (Lipinski definition) is 1. The van der Waals surface area contributed by atoms with Crippen molar-refractivity contribution in [3.8, 4) is 5.75 Å². The fourth-order valence-corrected chi connectivity index (χ4v) is 3.43. The van der Waals surface area contributed by atoms with Gasteiger partial charge in [-0.25, -0.2) is 4.98 Å². The van der Waals surface area contributed by atoms with Crippen LogP contribution in [0, 0.1) is 0 Å². The Kier molecular flexibility index (Phi) is 5.24. The maximum Gasteiger partial charge on any atom is 0.147 e. The number of pyridine rings is 1. The van der Waals surface area contributed by atoms with E-state index in [1.807, 2.05) is 24.3 Å². The lowest BCUT2D eigenvalue weighted by Gasteiger charge is -2.10. The Morgan fingerprint density at radius 1 is 1.16 bits per heavy atom. The number of halogens is 3. The van der Waals surface area contributed by atoms with Gasteiger partial charge in [-0.1, -0.05) is 0 Å². The van der Waals surface area contributed by atoms with E-state index in [9.17, 15) is 0 Å². The van der Waals surface area contributed by atoms with Gasteiger partial charge in [0.05, 0.1) is 27.9 Å². The van der Waals surface area contributed by atoms with Crippen molar-refractivity contribution in [2.45, 2.75) is 6.54 Å². The minimum atomic E-state index is 0.713. The van der Waals surface area contributed by atoms with E-state index in [1.165, 1.54) is 0 Å². The van der Waals surface area contributed by atoms with E-state index >= 15 is 0 Å². The smallest absolute Gasteiger partial charge is 0.147 e. The van der Waals surface area contributed by atoms with Crippen LogP contribution in [0.3, 0.4) is 0 Å². The molecule has 2 rings (SSSR count). The monoisotopic (exact) mass is 448 g/mol. The molecule has 0 amide bonds. The molecule has 1 heterocycles. The second kappa shape index (κ2) is 6.72. The van der Waals surface area contributed by atoms with E-state index in [-0.39, 0.29) is 0 Å². The lowest BCUT2D eigenvalue weighted by molar-refractivity contribution is 0.409. The highest BCUT2D eigenvalue weighted by Crippen LogP contribution is 2.34. The summed E-state index contributed by atoms with van der Waals surface area (Å²) in [6.07, 6.45) is 1.79. The highest BCUT2D eigenvalue weighted by atomic mass is 79.9. The first-order valence-electron chi connectivity index (χ1n) is 5.47. The number of hydrogen-bond acceptors (Lipinski definition) is 3. The molecule has 0 radical (unpaired) electrons. The summed E-state index contributed by atoms with van der Waals surface area (Å²) < 4.78 is 7.96. The third-order valence-corrected chi connectivity index (χ3v) is 4.13. The number of aromatic nitrogens is 1. The average Bonchev–Trinajstić information content (AvgIpc) is 2.38. The van der Waals surface area contributed by atoms with Crippen molar-refractivity contribution in [1.29, 1.82) is 0 Å². The highest BCUT2D eigenvalue weighted by Gasteiger charge is 2.07. The molecule has 0 fully saturated rings. The molecule has 1 N–H and O–H groups in total. The summed E-state index contributed by atoms with van der Waals surface area (Å²) >= 11 is 10.3. The molecule has 6 heteroatoms. The maximum absolute atomic E-state index is 5.28. The Morgan fingerprint density at radius 2 is 1.84 bits per heavy atom. The van der Waals surface area contributed by atoms with Crippen LogP contribution in [0.15, 0.2) is 44.0 Å². The molecule has 0 bridgehead atoms. The third-order valence-electron chi connectivity index (χ3n) is 2.49. The highest BCUT2D eigenvalue weighted by molar-refractivity contribution is 9.11. The fourth-order valence-electron chi connectivity index (χ4n) is 1.59. The molecule has 19 heavy (non-hydrogen) atoms. The molecule has 0 spiro atoms. The lowest BCUT2D eigenvalue weighted by atomic mass is 10.2. The van der Waals surface area contributed by atoms with E-state index in [0.717, 1.165) is 30.5 Å². The molecular formula is C13H11Br3N2O. The Balaban J connectivity index is 2.09. The predicted octanol–water partition coefficient (Wildman–Crippen LogP) is 4.99. The van der Waals surface area contributed by atoms with Crippen LogP contribution in [0.1, 0.15) is 5.56 Å². The second-order valence-corrected chi connectivity index (χ2v) is 6.34. The number of nitrogens with one attached hydrogen (secondary N) is 1. The molecule has 1 aromatic heterocycles. The minimum Gasteiger partial charge on any atom is -0.494 e. The first-order valence-corrected chi connectivity index (χ1v) is 7.85. The van der Waals surface area contributed by atoms with E-state index < -0.39 is 0 Å². The van der Waals surface area contributed by atoms with Crippen LogP contribution in [-0.2, 0) is 6.54 Å². The summed E-state index contributed by atoms with van der Waals surface area (Å²) in [6, 6.07) is 7.94. The third kappa shape index (κ3) is 3.94. The van der Waals surface area contributed by atoms with Gasteiger partial charge in [0.25, 0.3) is 0 Å². The molecule has 0 atom stereocenters. The number of rotatable bonds is 4. The van der Waals surface area contributed by atoms with Gasteiger partial charge in [0.1, 0.15) is 10.4 Å². The zero-order valence-electron chi connectivity index (χ0n) is 10.1. The van der Waals surface area contributed by atoms with Gasteiger partial charge in [0.2, 0.25) is 0 Å². The zero-order valence-corrected chi connectivity index (χ0v) is 14.8. The normalized spacial score (nSPS) is 10.3. The van der Waals surface area contributed by atoms with Gasteiger partial charge < -0.3 is 10.1 Å². The maximum atomic E-state index is 5.28. The lowest BCUT2D eigenvalue weighted by Crippen LogP contribution is -2.00. The van der Waals surface area contributed by atoms with Crippen molar-refractivity contribution >= 4 is 53.5 Å². The van der Waals surface area contributed by atoms with Crippen molar-refractivity contribution in [1.82, 2.24) is 4.98 Å². The van der Waals surface area contributed by atoms with Gasteiger partial charge in [0, 0.05) is 6.54 Å². The van der Waals surface area contributed by atoms with E-state index in [0.29, 0.717) is 6.54 Å². The van der Waals surface area contributed by atoms with Crippen LogP contribution < -0.4 is 10.1 Å². The SMILES string of the molecule is COc1c(Br)cc(CNc2ccc(Br)nc2)cc1Br. The van der Waals surface area contributed by atoms with Crippen LogP contribution in [0.5, 0.6) is 5.75 Å². The zero-order chi connectivity index (χ0) is 13.8. The van der Waals surface area contributed by atoms with Crippen LogP contribution >= 0.6 is 47.8 Å². The molecule has 3 nitrogen and oxygen atoms in total. The summed E-state index contributed by atoms with van der Waals surface area (Å²) in [5, 5.41) is 3.31. The summed E-state index contributed by atoms with van der Waals surface area (Å²) in [5.74, 6) is 0.800. The summed E-state index contributed by atoms with van der Waals surface area (Å²) in [5.41, 5.74) is 2.12. The quantitative estimate of drug-likeness (QED) is 0.666. The minimum absolute atomic E-state index is 0.713. The van der Waals surface area contributed by atoms with Crippen molar-refractivity contribution in [2.24, 2.45) is 0 Å². The van der Waals surface area contributed by atoms with Crippen LogP contribution in [-0.4, -0.2) is 12.1 Å². The van der Waals surface area contributed by atoms with Gasteiger partial charge in [-0.05, 0) is 77.6 Å². The van der Waals surface area contributed by atoms with Gasteiger partial charge in [-0.3, -0.25) is 0 Å². The van der Waals surface area contributed by atoms with Gasteiger partial charge in [0.15, 0.2) is 0 Å². The van der Waals surface area contributed by atoms with Gasteiger partial charge >= 0.3 is 0 Å². The largest absolute Gasteiger partial charge is 0.494 e. The van der Waals surface area contributed by atoms with Crippen LogP contribution in [0.2, 0.25) is 0 Å². The number of benzene rings is 1. The van der Waals surface area contributed by atoms with Crippen LogP contribution in [0.25, 0.3) is 0 Å². The number of methoxy groups -OCH3 is 1. The van der Waals surface area contributed by atoms with Crippen LogP contribution in [0.4, 0.5) is 5.69 Å². The van der Waals surface area contributed by atoms with Crippen molar-refractivity contribution < 1.29 is 4.74 Å². The summed E-state index contributed by atoms with van der Waals surface area (Å²) in [6.45, 7) is 0.713. The molecule has 0 aliphatic carbocycles. The molecule has 0 aliphatic rings. The summed E-state index contributed by atoms with van der Waals surface area (Å²) in [4.78, 5) is 4.17. The first kappa shape index (κ1) is 14.8. The Morgan fingerprint density at radius 3 is 2.37 bits per heavy atom. The first-order chi connectivity index (χ1) is 9.10.